The third-order valence-corrected chi connectivity index (χ3v) is 4.84. The van der Waals surface area contributed by atoms with Gasteiger partial charge < -0.3 is 10.4 Å². The average molecular weight is 299 g/mol. The van der Waals surface area contributed by atoms with Gasteiger partial charge in [-0.3, -0.25) is 9.59 Å². The second-order valence-electron chi connectivity index (χ2n) is 4.49. The fraction of sp³-hybridized carbons (Fsp3) is 0.385. The largest absolute Gasteiger partial charge is 0.480 e. The molecule has 2 unspecified atom stereocenters. The SMILES string of the molecule is CC(NC(=O)CS(=O)(=O)C(C)C(=O)O)c1ccccc1. The van der Waals surface area contributed by atoms with Crippen molar-refractivity contribution >= 4 is 21.7 Å². The number of benzene rings is 1. The van der Waals surface area contributed by atoms with Gasteiger partial charge in [-0.25, -0.2) is 8.42 Å². The highest BCUT2D eigenvalue weighted by Gasteiger charge is 2.30. The van der Waals surface area contributed by atoms with Crippen LogP contribution in [0, 0.1) is 0 Å². The number of carboxylic acid groups (broad SMARTS) is 1. The molecule has 0 radical (unpaired) electrons. The maximum Gasteiger partial charge on any atom is 0.321 e. The number of hydrogen-bond acceptors (Lipinski definition) is 4. The number of aliphatic carboxylic acids is 1. The number of hydrogen-bond donors (Lipinski definition) is 2. The molecule has 2 N–H and O–H groups in total. The molecule has 0 aliphatic carbocycles. The lowest BCUT2D eigenvalue weighted by atomic mass is 10.1. The van der Waals surface area contributed by atoms with Crippen molar-refractivity contribution < 1.29 is 23.1 Å². The fourth-order valence-electron chi connectivity index (χ4n) is 1.57. The summed E-state index contributed by atoms with van der Waals surface area (Å²) in [6.07, 6.45) is 0. The highest BCUT2D eigenvalue weighted by molar-refractivity contribution is 7.93. The summed E-state index contributed by atoms with van der Waals surface area (Å²) in [4.78, 5) is 22.3. The molecule has 0 saturated heterocycles. The summed E-state index contributed by atoms with van der Waals surface area (Å²) >= 11 is 0. The zero-order valence-electron chi connectivity index (χ0n) is 11.2. The summed E-state index contributed by atoms with van der Waals surface area (Å²) in [7, 11) is -4.00. The molecule has 7 heteroatoms. The van der Waals surface area contributed by atoms with E-state index in [1.807, 2.05) is 6.07 Å². The highest BCUT2D eigenvalue weighted by atomic mass is 32.2. The van der Waals surface area contributed by atoms with Gasteiger partial charge in [-0.05, 0) is 19.4 Å². The Morgan fingerprint density at radius 1 is 1.20 bits per heavy atom. The van der Waals surface area contributed by atoms with Crippen molar-refractivity contribution in [1.82, 2.24) is 5.32 Å². The predicted molar refractivity (Wildman–Crippen MR) is 73.9 cm³/mol. The summed E-state index contributed by atoms with van der Waals surface area (Å²) < 4.78 is 23.3. The van der Waals surface area contributed by atoms with Crippen LogP contribution in [0.4, 0.5) is 0 Å². The monoisotopic (exact) mass is 299 g/mol. The van der Waals surface area contributed by atoms with Gasteiger partial charge in [-0.1, -0.05) is 30.3 Å². The molecule has 20 heavy (non-hydrogen) atoms. The van der Waals surface area contributed by atoms with E-state index < -0.39 is 32.7 Å². The number of sulfone groups is 1. The molecule has 2 atom stereocenters. The third kappa shape index (κ3) is 4.34. The molecule has 0 aromatic heterocycles. The average Bonchev–Trinajstić information content (AvgIpc) is 2.37. The molecule has 0 saturated carbocycles. The van der Waals surface area contributed by atoms with Gasteiger partial charge in [0, 0.05) is 0 Å². The van der Waals surface area contributed by atoms with Crippen molar-refractivity contribution in [3.63, 3.8) is 0 Å². The van der Waals surface area contributed by atoms with Crippen molar-refractivity contribution in [3.8, 4) is 0 Å². The molecule has 0 fully saturated rings. The zero-order valence-corrected chi connectivity index (χ0v) is 12.1. The van der Waals surface area contributed by atoms with Gasteiger partial charge in [0.25, 0.3) is 0 Å². The highest BCUT2D eigenvalue weighted by Crippen LogP contribution is 2.11. The van der Waals surface area contributed by atoms with Crippen LogP contribution in [0.15, 0.2) is 30.3 Å². The van der Waals surface area contributed by atoms with Crippen molar-refractivity contribution in [2.75, 3.05) is 5.75 Å². The first-order valence-electron chi connectivity index (χ1n) is 6.02. The Bertz CT molecular complexity index is 582. The standard InChI is InChI=1S/C13H17NO5S/c1-9(11-6-4-3-5-7-11)14-12(15)8-20(18,19)10(2)13(16)17/h3-7,9-10H,8H2,1-2H3,(H,14,15)(H,16,17). The first-order valence-corrected chi connectivity index (χ1v) is 7.74. The summed E-state index contributed by atoms with van der Waals surface area (Å²) in [6, 6.07) is 8.71. The molecular weight excluding hydrogens is 282 g/mol. The molecule has 0 aliphatic heterocycles. The maximum absolute atomic E-state index is 11.7. The minimum Gasteiger partial charge on any atom is -0.480 e. The molecule has 0 spiro atoms. The molecule has 110 valence electrons. The molecule has 6 nitrogen and oxygen atoms in total. The van der Waals surface area contributed by atoms with Gasteiger partial charge in [0.2, 0.25) is 5.91 Å². The van der Waals surface area contributed by atoms with E-state index in [-0.39, 0.29) is 6.04 Å². The van der Waals surface area contributed by atoms with Crippen molar-refractivity contribution in [3.05, 3.63) is 35.9 Å². The number of rotatable bonds is 6. The van der Waals surface area contributed by atoms with E-state index in [4.69, 9.17) is 5.11 Å². The minimum absolute atomic E-state index is 0.348. The normalized spacial score (nSPS) is 14.3. The molecule has 0 bridgehead atoms. The van der Waals surface area contributed by atoms with E-state index in [9.17, 15) is 18.0 Å². The van der Waals surface area contributed by atoms with Crippen LogP contribution in [-0.2, 0) is 19.4 Å². The van der Waals surface area contributed by atoms with E-state index in [1.54, 1.807) is 31.2 Å². The topological polar surface area (TPSA) is 101 Å². The smallest absolute Gasteiger partial charge is 0.321 e. The van der Waals surface area contributed by atoms with Crippen LogP contribution in [-0.4, -0.2) is 36.4 Å². The van der Waals surface area contributed by atoms with Crippen LogP contribution in [0.2, 0.25) is 0 Å². The van der Waals surface area contributed by atoms with Gasteiger partial charge >= 0.3 is 5.97 Å². The van der Waals surface area contributed by atoms with Crippen LogP contribution < -0.4 is 5.32 Å². The molecule has 0 aliphatic rings. The first kappa shape index (κ1) is 16.2. The van der Waals surface area contributed by atoms with Gasteiger partial charge in [0.15, 0.2) is 15.1 Å². The van der Waals surface area contributed by atoms with Crippen LogP contribution >= 0.6 is 0 Å². The number of carbonyl (C=O) groups is 2. The Morgan fingerprint density at radius 3 is 2.25 bits per heavy atom. The van der Waals surface area contributed by atoms with Crippen LogP contribution in [0.25, 0.3) is 0 Å². The lowest BCUT2D eigenvalue weighted by Crippen LogP contribution is -2.37. The number of nitrogens with one attached hydrogen (secondary N) is 1. The Balaban J connectivity index is 2.67. The van der Waals surface area contributed by atoms with Gasteiger partial charge in [-0.15, -0.1) is 0 Å². The van der Waals surface area contributed by atoms with E-state index in [0.717, 1.165) is 12.5 Å². The number of amides is 1. The second-order valence-corrected chi connectivity index (χ2v) is 6.81. The molecule has 1 aromatic carbocycles. The molecule has 1 amide bonds. The van der Waals surface area contributed by atoms with Gasteiger partial charge in [0.1, 0.15) is 5.75 Å². The summed E-state index contributed by atoms with van der Waals surface area (Å²) in [5.41, 5.74) is 0.838. The molecule has 1 rings (SSSR count). The summed E-state index contributed by atoms with van der Waals surface area (Å²) in [6.45, 7) is 2.77. The third-order valence-electron chi connectivity index (χ3n) is 2.90. The lowest BCUT2D eigenvalue weighted by Gasteiger charge is -2.15. The van der Waals surface area contributed by atoms with Crippen molar-refractivity contribution in [2.24, 2.45) is 0 Å². The number of carboxylic acids is 1. The van der Waals surface area contributed by atoms with Crippen LogP contribution in [0.5, 0.6) is 0 Å². The van der Waals surface area contributed by atoms with Crippen molar-refractivity contribution in [2.45, 2.75) is 25.1 Å². The Labute approximate surface area is 117 Å². The fourth-order valence-corrected chi connectivity index (χ4v) is 2.58. The van der Waals surface area contributed by atoms with Gasteiger partial charge in [-0.2, -0.15) is 0 Å². The van der Waals surface area contributed by atoms with E-state index in [1.165, 1.54) is 0 Å². The predicted octanol–water partition coefficient (Wildman–Crippen LogP) is 0.752. The van der Waals surface area contributed by atoms with Gasteiger partial charge in [0.05, 0.1) is 6.04 Å². The maximum atomic E-state index is 11.7. The summed E-state index contributed by atoms with van der Waals surface area (Å²) in [5, 5.41) is 9.62. The van der Waals surface area contributed by atoms with Crippen molar-refractivity contribution in [1.29, 1.82) is 0 Å². The van der Waals surface area contributed by atoms with E-state index in [0.29, 0.717) is 0 Å². The van der Waals surface area contributed by atoms with E-state index in [2.05, 4.69) is 5.32 Å². The van der Waals surface area contributed by atoms with E-state index >= 15 is 0 Å². The first-order chi connectivity index (χ1) is 9.24. The quantitative estimate of drug-likeness (QED) is 0.807. The minimum atomic E-state index is -4.00. The molecular formula is C13H17NO5S. The lowest BCUT2D eigenvalue weighted by molar-refractivity contribution is -0.136. The zero-order chi connectivity index (χ0) is 15.3. The number of carbonyl (C=O) groups excluding carboxylic acids is 1. The Kier molecular flexibility index (Phi) is 5.26. The Morgan fingerprint density at radius 2 is 1.75 bits per heavy atom. The van der Waals surface area contributed by atoms with Crippen LogP contribution in [0.1, 0.15) is 25.5 Å². The summed E-state index contributed by atoms with van der Waals surface area (Å²) in [5.74, 6) is -3.01. The Hall–Kier alpha value is -1.89. The molecule has 1 aromatic rings. The van der Waals surface area contributed by atoms with Crippen LogP contribution in [0.3, 0.4) is 0 Å². The second kappa shape index (κ2) is 6.51. The molecule has 0 heterocycles.